The van der Waals surface area contributed by atoms with Crippen LogP contribution in [0.25, 0.3) is 0 Å². The molecule has 1 atom stereocenters. The normalized spacial score (nSPS) is 26.3. The predicted octanol–water partition coefficient (Wildman–Crippen LogP) is 3.05. The highest BCUT2D eigenvalue weighted by atomic mass is 16.5. The summed E-state index contributed by atoms with van der Waals surface area (Å²) < 4.78 is 12.0. The monoisotopic (exact) mass is 330 g/mol. The first-order chi connectivity index (χ1) is 11.7. The number of carbonyl (C=O) groups excluding carboxylic acids is 1. The Bertz CT molecular complexity index is 619. The summed E-state index contributed by atoms with van der Waals surface area (Å²) in [5, 5.41) is 3.80. The number of rotatable bonds is 2. The number of hydrogen-bond donors (Lipinski definition) is 1. The summed E-state index contributed by atoms with van der Waals surface area (Å²) in [5.74, 6) is 0.945. The number of nitrogens with zero attached hydrogens (tertiary/aromatic N) is 1. The van der Waals surface area contributed by atoms with Crippen LogP contribution in [0, 0.1) is 0 Å². The first-order valence-electron chi connectivity index (χ1n) is 9.10. The standard InChI is InChI=1S/C19H26N2O3/c1-14(22)15-5-6-17-16(13-15)20-19(7-3-2-4-8-19)18(24-17)21-9-11-23-12-10-21/h5-6,13,18,20H,2-4,7-12H2,1H3. The van der Waals surface area contributed by atoms with Gasteiger partial charge in [-0.25, -0.2) is 0 Å². The molecule has 130 valence electrons. The number of fused-ring (bicyclic) bond motifs is 1. The van der Waals surface area contributed by atoms with Crippen molar-refractivity contribution < 1.29 is 14.3 Å². The first kappa shape index (κ1) is 15.9. The van der Waals surface area contributed by atoms with Crippen LogP contribution in [0.3, 0.4) is 0 Å². The minimum absolute atomic E-state index is 0.0392. The Morgan fingerprint density at radius 1 is 1.21 bits per heavy atom. The van der Waals surface area contributed by atoms with E-state index in [9.17, 15) is 4.79 Å². The highest BCUT2D eigenvalue weighted by Crippen LogP contribution is 2.44. The van der Waals surface area contributed by atoms with Crippen molar-refractivity contribution in [1.29, 1.82) is 0 Å². The Hall–Kier alpha value is -1.59. The summed E-state index contributed by atoms with van der Waals surface area (Å²) in [6.45, 7) is 4.97. The Morgan fingerprint density at radius 3 is 2.67 bits per heavy atom. The molecule has 1 N–H and O–H groups in total. The van der Waals surface area contributed by atoms with E-state index in [4.69, 9.17) is 9.47 Å². The Morgan fingerprint density at radius 2 is 1.96 bits per heavy atom. The fourth-order valence-electron chi connectivity index (χ4n) is 4.30. The molecule has 1 saturated heterocycles. The smallest absolute Gasteiger partial charge is 0.176 e. The van der Waals surface area contributed by atoms with E-state index in [1.165, 1.54) is 19.3 Å². The number of nitrogens with one attached hydrogen (secondary N) is 1. The van der Waals surface area contributed by atoms with Crippen molar-refractivity contribution in [3.8, 4) is 5.75 Å². The number of hydrogen-bond acceptors (Lipinski definition) is 5. The van der Waals surface area contributed by atoms with E-state index in [-0.39, 0.29) is 17.6 Å². The van der Waals surface area contributed by atoms with Gasteiger partial charge >= 0.3 is 0 Å². The second-order valence-electron chi connectivity index (χ2n) is 7.23. The maximum Gasteiger partial charge on any atom is 0.176 e. The molecule has 5 nitrogen and oxygen atoms in total. The lowest BCUT2D eigenvalue weighted by molar-refractivity contribution is -0.0864. The van der Waals surface area contributed by atoms with Crippen LogP contribution in [-0.2, 0) is 4.74 Å². The van der Waals surface area contributed by atoms with Crippen LogP contribution in [0.15, 0.2) is 18.2 Å². The lowest BCUT2D eigenvalue weighted by Crippen LogP contribution is -2.64. The van der Waals surface area contributed by atoms with Gasteiger partial charge in [0.05, 0.1) is 24.4 Å². The summed E-state index contributed by atoms with van der Waals surface area (Å²) in [7, 11) is 0. The van der Waals surface area contributed by atoms with E-state index < -0.39 is 0 Å². The molecule has 1 aromatic carbocycles. The van der Waals surface area contributed by atoms with Crippen molar-refractivity contribution in [2.45, 2.75) is 50.8 Å². The Balaban J connectivity index is 1.69. The lowest BCUT2D eigenvalue weighted by Gasteiger charge is -2.52. The molecule has 1 spiro atoms. The van der Waals surface area contributed by atoms with Crippen molar-refractivity contribution in [3.63, 3.8) is 0 Å². The van der Waals surface area contributed by atoms with Gasteiger partial charge in [0.15, 0.2) is 12.0 Å². The van der Waals surface area contributed by atoms with E-state index in [0.29, 0.717) is 0 Å². The topological polar surface area (TPSA) is 50.8 Å². The number of ketones is 1. The van der Waals surface area contributed by atoms with E-state index in [2.05, 4.69) is 10.2 Å². The van der Waals surface area contributed by atoms with Crippen LogP contribution in [-0.4, -0.2) is 48.8 Å². The highest BCUT2D eigenvalue weighted by Gasteiger charge is 2.48. The number of Topliss-reactive ketones (excluding diaryl/α,β-unsaturated/α-hetero) is 1. The lowest BCUT2D eigenvalue weighted by atomic mass is 9.78. The molecule has 0 amide bonds. The number of carbonyl (C=O) groups is 1. The van der Waals surface area contributed by atoms with E-state index in [0.717, 1.165) is 56.1 Å². The average molecular weight is 330 g/mol. The van der Waals surface area contributed by atoms with E-state index in [1.807, 2.05) is 18.2 Å². The van der Waals surface area contributed by atoms with E-state index >= 15 is 0 Å². The van der Waals surface area contributed by atoms with Crippen LogP contribution < -0.4 is 10.1 Å². The average Bonchev–Trinajstić information content (AvgIpc) is 2.62. The third-order valence-electron chi connectivity index (χ3n) is 5.60. The van der Waals surface area contributed by atoms with Gasteiger partial charge in [-0.1, -0.05) is 19.3 Å². The largest absolute Gasteiger partial charge is 0.470 e. The van der Waals surface area contributed by atoms with Crippen molar-refractivity contribution in [2.24, 2.45) is 0 Å². The number of anilines is 1. The van der Waals surface area contributed by atoms with Crippen LogP contribution in [0.4, 0.5) is 5.69 Å². The maximum atomic E-state index is 11.7. The van der Waals surface area contributed by atoms with Gasteiger partial charge in [-0.2, -0.15) is 0 Å². The number of benzene rings is 1. The molecule has 1 aliphatic carbocycles. The second-order valence-corrected chi connectivity index (χ2v) is 7.23. The molecule has 4 rings (SSSR count). The van der Waals surface area contributed by atoms with Gasteiger partial charge in [0.25, 0.3) is 0 Å². The molecular formula is C19H26N2O3. The molecule has 3 aliphatic rings. The van der Waals surface area contributed by atoms with Gasteiger partial charge in [-0.05, 0) is 38.0 Å². The molecule has 5 heteroatoms. The van der Waals surface area contributed by atoms with Gasteiger partial charge < -0.3 is 14.8 Å². The third kappa shape index (κ3) is 2.80. The van der Waals surface area contributed by atoms with Gasteiger partial charge in [0, 0.05) is 18.7 Å². The van der Waals surface area contributed by atoms with Crippen LogP contribution >= 0.6 is 0 Å². The van der Waals surface area contributed by atoms with Gasteiger partial charge in [-0.3, -0.25) is 9.69 Å². The fraction of sp³-hybridized carbons (Fsp3) is 0.632. The summed E-state index contributed by atoms with van der Waals surface area (Å²) in [4.78, 5) is 14.1. The minimum Gasteiger partial charge on any atom is -0.470 e. The quantitative estimate of drug-likeness (QED) is 0.845. The summed E-state index contributed by atoms with van der Waals surface area (Å²) in [6, 6.07) is 5.74. The van der Waals surface area contributed by atoms with Crippen molar-refractivity contribution in [1.82, 2.24) is 4.90 Å². The van der Waals surface area contributed by atoms with Crippen molar-refractivity contribution in [2.75, 3.05) is 31.6 Å². The first-order valence-corrected chi connectivity index (χ1v) is 9.10. The molecule has 24 heavy (non-hydrogen) atoms. The van der Waals surface area contributed by atoms with Gasteiger partial charge in [-0.15, -0.1) is 0 Å². The molecule has 0 bridgehead atoms. The molecule has 2 heterocycles. The van der Waals surface area contributed by atoms with Gasteiger partial charge in [0.2, 0.25) is 0 Å². The fourth-order valence-corrected chi connectivity index (χ4v) is 4.30. The molecule has 0 radical (unpaired) electrons. The molecule has 2 fully saturated rings. The van der Waals surface area contributed by atoms with Crippen molar-refractivity contribution >= 4 is 11.5 Å². The molecule has 1 unspecified atom stereocenters. The zero-order valence-corrected chi connectivity index (χ0v) is 14.3. The SMILES string of the molecule is CC(=O)c1ccc2c(c1)NC1(CCCCC1)C(N1CCOCC1)O2. The summed E-state index contributed by atoms with van der Waals surface area (Å²) in [6.07, 6.45) is 5.99. The van der Waals surface area contributed by atoms with E-state index in [1.54, 1.807) is 6.92 Å². The number of ether oxygens (including phenoxy) is 2. The van der Waals surface area contributed by atoms with Crippen LogP contribution in [0.2, 0.25) is 0 Å². The third-order valence-corrected chi connectivity index (χ3v) is 5.60. The Kier molecular flexibility index (Phi) is 4.22. The van der Waals surface area contributed by atoms with Crippen LogP contribution in [0.1, 0.15) is 49.4 Å². The maximum absolute atomic E-state index is 11.7. The van der Waals surface area contributed by atoms with Crippen LogP contribution in [0.5, 0.6) is 5.75 Å². The summed E-state index contributed by atoms with van der Waals surface area (Å²) >= 11 is 0. The predicted molar refractivity (Wildman–Crippen MR) is 92.7 cm³/mol. The second kappa shape index (κ2) is 6.37. The zero-order valence-electron chi connectivity index (χ0n) is 14.3. The highest BCUT2D eigenvalue weighted by molar-refractivity contribution is 5.95. The summed E-state index contributed by atoms with van der Waals surface area (Å²) in [5.41, 5.74) is 1.65. The molecule has 1 aromatic rings. The molecule has 1 saturated carbocycles. The van der Waals surface area contributed by atoms with Gasteiger partial charge in [0.1, 0.15) is 5.75 Å². The molecule has 0 aromatic heterocycles. The Labute approximate surface area is 143 Å². The van der Waals surface area contributed by atoms with Crippen molar-refractivity contribution in [3.05, 3.63) is 23.8 Å². The molecular weight excluding hydrogens is 304 g/mol. The number of morpholine rings is 1. The molecule has 2 aliphatic heterocycles. The minimum atomic E-state index is -0.0575. The zero-order chi connectivity index (χ0) is 16.6.